The number of carbonyl (C=O) groups excluding carboxylic acids is 3. The molecule has 7 heteroatoms. The SMILES string of the molecule is CCC=C(C)C(=O)NCCN1C(=O)SC(=Cc2ccccc2F)C1=O. The number of hydrogen-bond donors (Lipinski definition) is 1. The Kier molecular flexibility index (Phi) is 6.52. The van der Waals surface area contributed by atoms with E-state index in [4.69, 9.17) is 0 Å². The molecule has 0 saturated carbocycles. The van der Waals surface area contributed by atoms with Crippen LogP contribution in [0.25, 0.3) is 6.08 Å². The van der Waals surface area contributed by atoms with E-state index in [0.717, 1.165) is 23.1 Å². The first kappa shape index (κ1) is 18.9. The van der Waals surface area contributed by atoms with Crippen LogP contribution in [-0.4, -0.2) is 35.0 Å². The summed E-state index contributed by atoms with van der Waals surface area (Å²) in [6, 6.07) is 6.03. The molecule has 1 aliphatic rings. The minimum Gasteiger partial charge on any atom is -0.351 e. The van der Waals surface area contributed by atoms with Crippen molar-refractivity contribution < 1.29 is 18.8 Å². The van der Waals surface area contributed by atoms with Crippen molar-refractivity contribution in [2.45, 2.75) is 20.3 Å². The van der Waals surface area contributed by atoms with Crippen LogP contribution in [0, 0.1) is 5.82 Å². The van der Waals surface area contributed by atoms with E-state index in [1.54, 1.807) is 25.1 Å². The number of halogens is 1. The van der Waals surface area contributed by atoms with Crippen LogP contribution in [0.2, 0.25) is 0 Å². The predicted molar refractivity (Wildman–Crippen MR) is 96.1 cm³/mol. The molecule has 1 aromatic rings. The number of amides is 3. The maximum Gasteiger partial charge on any atom is 0.293 e. The minimum atomic E-state index is -0.478. The molecule has 1 aliphatic heterocycles. The van der Waals surface area contributed by atoms with Crippen LogP contribution in [0.3, 0.4) is 0 Å². The highest BCUT2D eigenvalue weighted by Crippen LogP contribution is 2.32. The Bertz CT molecular complexity index is 758. The Morgan fingerprint density at radius 3 is 2.72 bits per heavy atom. The van der Waals surface area contributed by atoms with Crippen LogP contribution in [0.1, 0.15) is 25.8 Å². The molecular formula is C18H19FN2O3S. The summed E-state index contributed by atoms with van der Waals surface area (Å²) in [5.41, 5.74) is 0.845. The Hall–Kier alpha value is -2.41. The quantitative estimate of drug-likeness (QED) is 0.788. The Labute approximate surface area is 150 Å². The first-order chi connectivity index (χ1) is 11.9. The van der Waals surface area contributed by atoms with Gasteiger partial charge < -0.3 is 5.32 Å². The fourth-order valence-electron chi connectivity index (χ4n) is 2.25. The number of imide groups is 1. The fourth-order valence-corrected chi connectivity index (χ4v) is 3.10. The van der Waals surface area contributed by atoms with Gasteiger partial charge in [-0.1, -0.05) is 31.2 Å². The number of allylic oxidation sites excluding steroid dienone is 1. The van der Waals surface area contributed by atoms with Gasteiger partial charge in [-0.15, -0.1) is 0 Å². The largest absolute Gasteiger partial charge is 0.351 e. The average molecular weight is 362 g/mol. The molecule has 0 aromatic heterocycles. The molecule has 5 nitrogen and oxygen atoms in total. The third-order valence-corrected chi connectivity index (χ3v) is 4.46. The van der Waals surface area contributed by atoms with E-state index in [-0.39, 0.29) is 29.5 Å². The van der Waals surface area contributed by atoms with Crippen molar-refractivity contribution in [2.75, 3.05) is 13.1 Å². The van der Waals surface area contributed by atoms with Gasteiger partial charge in [0.25, 0.3) is 11.1 Å². The molecule has 0 radical (unpaired) electrons. The Morgan fingerprint density at radius 1 is 1.32 bits per heavy atom. The van der Waals surface area contributed by atoms with Crippen LogP contribution in [0.4, 0.5) is 9.18 Å². The van der Waals surface area contributed by atoms with Crippen LogP contribution in [0.15, 0.2) is 40.8 Å². The van der Waals surface area contributed by atoms with Crippen molar-refractivity contribution >= 4 is 34.9 Å². The number of rotatable bonds is 6. The molecule has 1 saturated heterocycles. The molecule has 25 heavy (non-hydrogen) atoms. The lowest BCUT2D eigenvalue weighted by atomic mass is 10.2. The summed E-state index contributed by atoms with van der Waals surface area (Å²) in [6.45, 7) is 3.87. The number of nitrogens with zero attached hydrogens (tertiary/aromatic N) is 1. The van der Waals surface area contributed by atoms with Crippen molar-refractivity contribution in [3.63, 3.8) is 0 Å². The summed E-state index contributed by atoms with van der Waals surface area (Å²) in [4.78, 5) is 37.3. The van der Waals surface area contributed by atoms with Crippen molar-refractivity contribution in [1.82, 2.24) is 10.2 Å². The van der Waals surface area contributed by atoms with E-state index in [0.29, 0.717) is 5.57 Å². The van der Waals surface area contributed by atoms with Crippen molar-refractivity contribution in [2.24, 2.45) is 0 Å². The maximum atomic E-state index is 13.7. The molecule has 1 N–H and O–H groups in total. The molecule has 0 bridgehead atoms. The molecule has 2 rings (SSSR count). The van der Waals surface area contributed by atoms with Gasteiger partial charge in [-0.05, 0) is 37.2 Å². The first-order valence-corrected chi connectivity index (χ1v) is 8.70. The van der Waals surface area contributed by atoms with Gasteiger partial charge in [0, 0.05) is 24.2 Å². The molecule has 0 atom stereocenters. The van der Waals surface area contributed by atoms with Crippen LogP contribution >= 0.6 is 11.8 Å². The number of benzene rings is 1. The van der Waals surface area contributed by atoms with Crippen molar-refractivity contribution in [3.8, 4) is 0 Å². The molecule has 3 amide bonds. The molecule has 0 spiro atoms. The summed E-state index contributed by atoms with van der Waals surface area (Å²) in [5.74, 6) is -1.16. The molecule has 0 unspecified atom stereocenters. The first-order valence-electron chi connectivity index (χ1n) is 7.89. The monoisotopic (exact) mass is 362 g/mol. The third kappa shape index (κ3) is 4.79. The molecule has 1 fully saturated rings. The molecule has 132 valence electrons. The molecule has 0 aliphatic carbocycles. The second-order valence-corrected chi connectivity index (χ2v) is 6.40. The average Bonchev–Trinajstić information content (AvgIpc) is 2.84. The standard InChI is InChI=1S/C18H19FN2O3S/c1-3-6-12(2)16(22)20-9-10-21-17(23)15(25-18(21)24)11-13-7-4-5-8-14(13)19/h4-8,11H,3,9-10H2,1-2H3,(H,20,22). The van der Waals surface area contributed by atoms with Crippen LogP contribution in [0.5, 0.6) is 0 Å². The van der Waals surface area contributed by atoms with Gasteiger partial charge in [-0.3, -0.25) is 19.3 Å². The van der Waals surface area contributed by atoms with Gasteiger partial charge in [-0.25, -0.2) is 4.39 Å². The lowest BCUT2D eigenvalue weighted by Gasteiger charge is -2.13. The van der Waals surface area contributed by atoms with E-state index in [1.807, 2.05) is 6.92 Å². The van der Waals surface area contributed by atoms with Crippen LogP contribution < -0.4 is 5.32 Å². The number of carbonyl (C=O) groups is 3. The number of hydrogen-bond acceptors (Lipinski definition) is 4. The lowest BCUT2D eigenvalue weighted by molar-refractivity contribution is -0.123. The highest BCUT2D eigenvalue weighted by molar-refractivity contribution is 8.18. The van der Waals surface area contributed by atoms with Crippen molar-refractivity contribution in [3.05, 3.63) is 52.2 Å². The summed E-state index contributed by atoms with van der Waals surface area (Å²) in [5, 5.41) is 2.24. The molecule has 1 aromatic carbocycles. The second kappa shape index (κ2) is 8.62. The van der Waals surface area contributed by atoms with Crippen LogP contribution in [-0.2, 0) is 9.59 Å². The van der Waals surface area contributed by atoms with Gasteiger partial charge in [0.05, 0.1) is 4.91 Å². The molecular weight excluding hydrogens is 343 g/mol. The third-order valence-electron chi connectivity index (χ3n) is 3.55. The fraction of sp³-hybridized carbons (Fsp3) is 0.278. The Morgan fingerprint density at radius 2 is 2.04 bits per heavy atom. The number of thioether (sulfide) groups is 1. The predicted octanol–water partition coefficient (Wildman–Crippen LogP) is 3.33. The van der Waals surface area contributed by atoms with Gasteiger partial charge in [0.15, 0.2) is 0 Å². The normalized spacial score (nSPS) is 16.7. The van der Waals surface area contributed by atoms with E-state index in [1.165, 1.54) is 18.2 Å². The summed E-state index contributed by atoms with van der Waals surface area (Å²) in [7, 11) is 0. The zero-order valence-corrected chi connectivity index (χ0v) is 14.9. The summed E-state index contributed by atoms with van der Waals surface area (Å²) in [6.07, 6.45) is 3.92. The topological polar surface area (TPSA) is 66.5 Å². The zero-order valence-electron chi connectivity index (χ0n) is 14.0. The van der Waals surface area contributed by atoms with Gasteiger partial charge in [-0.2, -0.15) is 0 Å². The molecule has 1 heterocycles. The zero-order chi connectivity index (χ0) is 18.4. The smallest absolute Gasteiger partial charge is 0.293 e. The highest BCUT2D eigenvalue weighted by atomic mass is 32.2. The van der Waals surface area contributed by atoms with E-state index in [9.17, 15) is 18.8 Å². The van der Waals surface area contributed by atoms with Gasteiger partial charge in [0.2, 0.25) is 5.91 Å². The van der Waals surface area contributed by atoms with E-state index < -0.39 is 17.0 Å². The minimum absolute atomic E-state index is 0.0738. The Balaban J connectivity index is 1.99. The van der Waals surface area contributed by atoms with E-state index in [2.05, 4.69) is 5.32 Å². The van der Waals surface area contributed by atoms with Gasteiger partial charge in [0.1, 0.15) is 5.82 Å². The summed E-state index contributed by atoms with van der Waals surface area (Å²) >= 11 is 0.766. The highest BCUT2D eigenvalue weighted by Gasteiger charge is 2.34. The summed E-state index contributed by atoms with van der Waals surface area (Å²) < 4.78 is 13.7. The van der Waals surface area contributed by atoms with E-state index >= 15 is 0 Å². The van der Waals surface area contributed by atoms with Crippen molar-refractivity contribution in [1.29, 1.82) is 0 Å². The second-order valence-electron chi connectivity index (χ2n) is 5.41. The van der Waals surface area contributed by atoms with Gasteiger partial charge >= 0.3 is 0 Å². The number of nitrogens with one attached hydrogen (secondary N) is 1. The lowest BCUT2D eigenvalue weighted by Crippen LogP contribution is -2.37. The maximum absolute atomic E-state index is 13.7.